The maximum absolute atomic E-state index is 12.6. The Morgan fingerprint density at radius 1 is 1.50 bits per heavy atom. The van der Waals surface area contributed by atoms with Crippen molar-refractivity contribution in [3.05, 3.63) is 18.3 Å². The van der Waals surface area contributed by atoms with E-state index in [-0.39, 0.29) is 23.9 Å². The number of carbonyl (C=O) groups excluding carboxylic acids is 1. The molecule has 1 aromatic rings. The van der Waals surface area contributed by atoms with Gasteiger partial charge in [0.2, 0.25) is 15.9 Å². The van der Waals surface area contributed by atoms with Gasteiger partial charge in [-0.15, -0.1) is 0 Å². The Morgan fingerprint density at radius 2 is 2.30 bits per heavy atom. The largest absolute Gasteiger partial charge is 0.369 e. The third kappa shape index (κ3) is 3.07. The lowest BCUT2D eigenvalue weighted by molar-refractivity contribution is -0.122. The van der Waals surface area contributed by atoms with Gasteiger partial charge in [-0.05, 0) is 18.6 Å². The molecule has 0 atom stereocenters. The Kier molecular flexibility index (Phi) is 4.56. The van der Waals surface area contributed by atoms with Gasteiger partial charge in [-0.1, -0.05) is 6.92 Å². The molecule has 0 aromatic carbocycles. The van der Waals surface area contributed by atoms with E-state index in [9.17, 15) is 13.2 Å². The minimum Gasteiger partial charge on any atom is -0.369 e. The normalized spacial score (nSPS) is 16.8. The predicted octanol–water partition coefficient (Wildman–Crippen LogP) is 0.0240. The van der Waals surface area contributed by atoms with E-state index in [1.165, 1.54) is 10.4 Å². The molecule has 1 aliphatic rings. The van der Waals surface area contributed by atoms with E-state index in [0.29, 0.717) is 18.9 Å². The third-order valence-electron chi connectivity index (χ3n) is 2.93. The van der Waals surface area contributed by atoms with Gasteiger partial charge in [-0.3, -0.25) is 4.79 Å². The zero-order valence-electron chi connectivity index (χ0n) is 11.3. The lowest BCUT2D eigenvalue weighted by atomic mass is 10.4. The lowest BCUT2D eigenvalue weighted by Gasteiger charge is -2.26. The van der Waals surface area contributed by atoms with Crippen molar-refractivity contribution in [2.75, 3.05) is 31.5 Å². The SMILES string of the molecule is CCCNc1ncccc1S(=O)(=O)N1CCNC(=O)C1. The summed E-state index contributed by atoms with van der Waals surface area (Å²) in [7, 11) is -3.71. The highest BCUT2D eigenvalue weighted by Gasteiger charge is 2.31. The van der Waals surface area contributed by atoms with E-state index < -0.39 is 10.0 Å². The number of aromatic nitrogens is 1. The summed E-state index contributed by atoms with van der Waals surface area (Å²) in [5.41, 5.74) is 0. The summed E-state index contributed by atoms with van der Waals surface area (Å²) in [5, 5.41) is 5.61. The molecule has 1 aromatic heterocycles. The summed E-state index contributed by atoms with van der Waals surface area (Å²) in [4.78, 5) is 15.6. The molecular weight excluding hydrogens is 280 g/mol. The maximum Gasteiger partial charge on any atom is 0.247 e. The Balaban J connectivity index is 2.31. The number of rotatable bonds is 5. The zero-order chi connectivity index (χ0) is 14.6. The number of pyridine rings is 1. The maximum atomic E-state index is 12.6. The van der Waals surface area contributed by atoms with E-state index in [2.05, 4.69) is 15.6 Å². The second kappa shape index (κ2) is 6.19. The molecule has 2 heterocycles. The first-order valence-corrected chi connectivity index (χ1v) is 7.95. The first-order valence-electron chi connectivity index (χ1n) is 6.51. The minimum atomic E-state index is -3.71. The Bertz CT molecular complexity index is 588. The topological polar surface area (TPSA) is 91.4 Å². The van der Waals surface area contributed by atoms with E-state index in [0.717, 1.165) is 6.42 Å². The highest BCUT2D eigenvalue weighted by molar-refractivity contribution is 7.89. The Hall–Kier alpha value is -1.67. The molecule has 7 nitrogen and oxygen atoms in total. The fourth-order valence-corrected chi connectivity index (χ4v) is 3.45. The molecule has 1 fully saturated rings. The van der Waals surface area contributed by atoms with Crippen LogP contribution in [0, 0.1) is 0 Å². The van der Waals surface area contributed by atoms with Crippen molar-refractivity contribution in [2.45, 2.75) is 18.2 Å². The molecule has 2 N–H and O–H groups in total. The molecule has 0 spiro atoms. The van der Waals surface area contributed by atoms with E-state index in [1.807, 2.05) is 6.92 Å². The molecule has 0 bridgehead atoms. The summed E-state index contributed by atoms with van der Waals surface area (Å²) < 4.78 is 26.3. The monoisotopic (exact) mass is 298 g/mol. The molecule has 0 unspecified atom stereocenters. The second-order valence-electron chi connectivity index (χ2n) is 4.47. The zero-order valence-corrected chi connectivity index (χ0v) is 12.1. The molecule has 110 valence electrons. The molecular formula is C12H18N4O3S. The van der Waals surface area contributed by atoms with Crippen molar-refractivity contribution in [2.24, 2.45) is 0 Å². The van der Waals surface area contributed by atoms with Crippen molar-refractivity contribution < 1.29 is 13.2 Å². The van der Waals surface area contributed by atoms with Crippen LogP contribution in [0.4, 0.5) is 5.82 Å². The van der Waals surface area contributed by atoms with Gasteiger partial charge < -0.3 is 10.6 Å². The summed E-state index contributed by atoms with van der Waals surface area (Å²) in [6.07, 6.45) is 2.40. The summed E-state index contributed by atoms with van der Waals surface area (Å²) in [5.74, 6) is 0.0483. The van der Waals surface area contributed by atoms with Gasteiger partial charge in [-0.25, -0.2) is 13.4 Å². The summed E-state index contributed by atoms with van der Waals surface area (Å²) in [6.45, 7) is 3.08. The fraction of sp³-hybridized carbons (Fsp3) is 0.500. The second-order valence-corrected chi connectivity index (χ2v) is 6.37. The fourth-order valence-electron chi connectivity index (χ4n) is 1.93. The van der Waals surface area contributed by atoms with Gasteiger partial charge in [-0.2, -0.15) is 4.31 Å². The molecule has 0 saturated carbocycles. The minimum absolute atomic E-state index is 0.114. The number of sulfonamides is 1. The number of nitrogens with zero attached hydrogens (tertiary/aromatic N) is 2. The molecule has 1 amide bonds. The van der Waals surface area contributed by atoms with Crippen LogP contribution in [0.5, 0.6) is 0 Å². The quantitative estimate of drug-likeness (QED) is 0.800. The Labute approximate surface area is 118 Å². The molecule has 0 aliphatic carbocycles. The van der Waals surface area contributed by atoms with Crippen LogP contribution in [0.2, 0.25) is 0 Å². The van der Waals surface area contributed by atoms with Gasteiger partial charge >= 0.3 is 0 Å². The van der Waals surface area contributed by atoms with Crippen LogP contribution in [0.3, 0.4) is 0 Å². The number of hydrogen-bond donors (Lipinski definition) is 2. The van der Waals surface area contributed by atoms with Gasteiger partial charge in [0.05, 0.1) is 6.54 Å². The number of hydrogen-bond acceptors (Lipinski definition) is 5. The van der Waals surface area contributed by atoms with Crippen LogP contribution in [-0.2, 0) is 14.8 Å². The summed E-state index contributed by atoms with van der Waals surface area (Å²) in [6, 6.07) is 3.08. The van der Waals surface area contributed by atoms with Crippen molar-refractivity contribution >= 4 is 21.7 Å². The third-order valence-corrected chi connectivity index (χ3v) is 4.81. The van der Waals surface area contributed by atoms with Crippen LogP contribution in [0.1, 0.15) is 13.3 Å². The Morgan fingerprint density at radius 3 is 3.00 bits per heavy atom. The first kappa shape index (κ1) is 14.7. The highest BCUT2D eigenvalue weighted by atomic mass is 32.2. The standard InChI is InChI=1S/C12H18N4O3S/c1-2-5-14-12-10(4-3-6-15-12)20(18,19)16-8-7-13-11(17)9-16/h3-4,6H,2,5,7-9H2,1H3,(H,13,17)(H,14,15). The molecule has 20 heavy (non-hydrogen) atoms. The molecule has 8 heteroatoms. The molecule has 1 saturated heterocycles. The van der Waals surface area contributed by atoms with Gasteiger partial charge in [0, 0.05) is 25.8 Å². The predicted molar refractivity (Wildman–Crippen MR) is 74.8 cm³/mol. The van der Waals surface area contributed by atoms with Gasteiger partial charge in [0.1, 0.15) is 10.7 Å². The van der Waals surface area contributed by atoms with Crippen LogP contribution in [-0.4, -0.2) is 49.8 Å². The van der Waals surface area contributed by atoms with Crippen molar-refractivity contribution in [1.29, 1.82) is 0 Å². The van der Waals surface area contributed by atoms with Crippen LogP contribution in [0.15, 0.2) is 23.2 Å². The summed E-state index contributed by atoms with van der Waals surface area (Å²) >= 11 is 0. The van der Waals surface area contributed by atoms with Crippen molar-refractivity contribution in [3.63, 3.8) is 0 Å². The van der Waals surface area contributed by atoms with E-state index in [1.54, 1.807) is 12.3 Å². The van der Waals surface area contributed by atoms with E-state index >= 15 is 0 Å². The number of nitrogens with one attached hydrogen (secondary N) is 2. The van der Waals surface area contributed by atoms with Crippen LogP contribution < -0.4 is 10.6 Å². The van der Waals surface area contributed by atoms with Crippen molar-refractivity contribution in [1.82, 2.24) is 14.6 Å². The van der Waals surface area contributed by atoms with Gasteiger partial charge in [0.25, 0.3) is 0 Å². The smallest absolute Gasteiger partial charge is 0.247 e. The molecule has 2 rings (SSSR count). The first-order chi connectivity index (χ1) is 9.55. The van der Waals surface area contributed by atoms with Gasteiger partial charge in [0.15, 0.2) is 0 Å². The van der Waals surface area contributed by atoms with E-state index in [4.69, 9.17) is 0 Å². The number of carbonyl (C=O) groups is 1. The number of amides is 1. The van der Waals surface area contributed by atoms with Crippen LogP contribution >= 0.6 is 0 Å². The molecule has 0 radical (unpaired) electrons. The highest BCUT2D eigenvalue weighted by Crippen LogP contribution is 2.22. The number of piperazine rings is 1. The lowest BCUT2D eigenvalue weighted by Crippen LogP contribution is -2.49. The average molecular weight is 298 g/mol. The average Bonchev–Trinajstić information content (AvgIpc) is 2.45. The van der Waals surface area contributed by atoms with Crippen molar-refractivity contribution in [3.8, 4) is 0 Å². The molecule has 1 aliphatic heterocycles. The van der Waals surface area contributed by atoms with Crippen LogP contribution in [0.25, 0.3) is 0 Å². The number of anilines is 1.